The van der Waals surface area contributed by atoms with Crippen molar-refractivity contribution in [2.45, 2.75) is 10.1 Å². The van der Waals surface area contributed by atoms with Crippen LogP contribution in [0.3, 0.4) is 0 Å². The van der Waals surface area contributed by atoms with Crippen LogP contribution in [0, 0.1) is 11.3 Å². The van der Waals surface area contributed by atoms with Crippen molar-refractivity contribution in [3.63, 3.8) is 0 Å². The van der Waals surface area contributed by atoms with E-state index in [0.29, 0.717) is 10.8 Å². The van der Waals surface area contributed by atoms with E-state index in [-0.39, 0.29) is 0 Å². The van der Waals surface area contributed by atoms with Gasteiger partial charge in [-0.2, -0.15) is 5.26 Å². The quantitative estimate of drug-likeness (QED) is 0.688. The van der Waals surface area contributed by atoms with E-state index in [4.69, 9.17) is 9.68 Å². The second-order valence-corrected chi connectivity index (χ2v) is 5.68. The molecule has 0 N–H and O–H groups in total. The molecule has 3 rings (SSSR count). The van der Waals surface area contributed by atoms with E-state index in [1.807, 2.05) is 36.4 Å². The monoisotopic (exact) mass is 330 g/mol. The lowest BCUT2D eigenvalue weighted by Gasteiger charge is -1.99. The molecule has 0 unspecified atom stereocenters. The van der Waals surface area contributed by atoms with Crippen LogP contribution in [0.15, 0.2) is 61.5 Å². The van der Waals surface area contributed by atoms with Crippen LogP contribution in [0.4, 0.5) is 0 Å². The number of hydrogen-bond donors (Lipinski definition) is 0. The van der Waals surface area contributed by atoms with Crippen molar-refractivity contribution < 1.29 is 4.42 Å². The van der Waals surface area contributed by atoms with Crippen molar-refractivity contribution in [1.82, 2.24) is 4.98 Å². The average Bonchev–Trinajstić information content (AvgIpc) is 2.81. The molecule has 1 heterocycles. The van der Waals surface area contributed by atoms with Crippen LogP contribution in [0.2, 0.25) is 0 Å². The Bertz CT molecular complexity index is 758. The third-order valence-electron chi connectivity index (χ3n) is 2.54. The molecule has 0 bridgehead atoms. The van der Waals surface area contributed by atoms with E-state index in [1.165, 1.54) is 11.8 Å². The van der Waals surface area contributed by atoms with Gasteiger partial charge in [-0.3, -0.25) is 0 Å². The maximum absolute atomic E-state index is 8.88. The summed E-state index contributed by atoms with van der Waals surface area (Å²) in [6, 6.07) is 15.3. The Labute approximate surface area is 122 Å². The number of para-hydroxylation sites is 2. The Hall–Kier alpha value is -1.77. The molecular weight excluding hydrogens is 324 g/mol. The molecule has 1 aromatic heterocycles. The second kappa shape index (κ2) is 5.08. The van der Waals surface area contributed by atoms with Gasteiger partial charge in [0.2, 0.25) is 0 Å². The van der Waals surface area contributed by atoms with Crippen molar-refractivity contribution in [3.05, 3.63) is 52.5 Å². The smallest absolute Gasteiger partial charge is 0.261 e. The summed E-state index contributed by atoms with van der Waals surface area (Å²) < 4.78 is 6.41. The Morgan fingerprint density at radius 1 is 1.21 bits per heavy atom. The number of benzene rings is 2. The molecule has 0 spiro atoms. The van der Waals surface area contributed by atoms with Crippen LogP contribution in [0.5, 0.6) is 0 Å². The first-order valence-corrected chi connectivity index (χ1v) is 7.10. The molecule has 0 atom stereocenters. The molecule has 2 aromatic carbocycles. The van der Waals surface area contributed by atoms with Gasteiger partial charge in [-0.25, -0.2) is 4.98 Å². The molecule has 0 amide bonds. The first kappa shape index (κ1) is 12.3. The normalized spacial score (nSPS) is 10.5. The van der Waals surface area contributed by atoms with Crippen LogP contribution in [0.25, 0.3) is 11.1 Å². The SMILES string of the molecule is N#Cc1ccc(Sc2nc3ccccc3o2)cc1Br. The lowest BCUT2D eigenvalue weighted by Crippen LogP contribution is -1.79. The number of rotatable bonds is 2. The van der Waals surface area contributed by atoms with Gasteiger partial charge in [-0.05, 0) is 58.0 Å². The summed E-state index contributed by atoms with van der Waals surface area (Å²) in [5.74, 6) is 0. The highest BCUT2D eigenvalue weighted by Crippen LogP contribution is 2.32. The van der Waals surface area contributed by atoms with Gasteiger partial charge in [0, 0.05) is 9.37 Å². The Kier molecular flexibility index (Phi) is 3.28. The minimum absolute atomic E-state index is 0.595. The van der Waals surface area contributed by atoms with Crippen molar-refractivity contribution >= 4 is 38.8 Å². The van der Waals surface area contributed by atoms with Gasteiger partial charge < -0.3 is 4.42 Å². The number of aromatic nitrogens is 1. The molecule has 5 heteroatoms. The van der Waals surface area contributed by atoms with Crippen LogP contribution >= 0.6 is 27.7 Å². The van der Waals surface area contributed by atoms with Crippen molar-refractivity contribution in [2.75, 3.05) is 0 Å². The van der Waals surface area contributed by atoms with Crippen molar-refractivity contribution in [2.24, 2.45) is 0 Å². The number of halogens is 1. The number of fused-ring (bicyclic) bond motifs is 1. The van der Waals surface area contributed by atoms with Crippen LogP contribution in [-0.4, -0.2) is 4.98 Å². The molecule has 0 aliphatic heterocycles. The standard InChI is InChI=1S/C14H7BrN2OS/c15-11-7-10(6-5-9(11)8-16)19-14-17-12-3-1-2-4-13(12)18-14/h1-7H. The zero-order valence-electron chi connectivity index (χ0n) is 9.63. The molecular formula is C14H7BrN2OS. The zero-order valence-corrected chi connectivity index (χ0v) is 12.0. The summed E-state index contributed by atoms with van der Waals surface area (Å²) in [4.78, 5) is 5.37. The summed E-state index contributed by atoms with van der Waals surface area (Å²) in [7, 11) is 0. The van der Waals surface area contributed by atoms with Gasteiger partial charge in [0.1, 0.15) is 11.6 Å². The lowest BCUT2D eigenvalue weighted by molar-refractivity contribution is 0.489. The highest BCUT2D eigenvalue weighted by atomic mass is 79.9. The molecule has 19 heavy (non-hydrogen) atoms. The number of nitrogens with zero attached hydrogens (tertiary/aromatic N) is 2. The van der Waals surface area contributed by atoms with Crippen LogP contribution in [0.1, 0.15) is 5.56 Å². The Morgan fingerprint density at radius 2 is 2.05 bits per heavy atom. The fourth-order valence-corrected chi connectivity index (χ4v) is 3.05. The van der Waals surface area contributed by atoms with Gasteiger partial charge in [0.05, 0.1) is 5.56 Å². The zero-order chi connectivity index (χ0) is 13.2. The minimum atomic E-state index is 0.595. The molecule has 0 fully saturated rings. The van der Waals surface area contributed by atoms with E-state index in [0.717, 1.165) is 20.5 Å². The molecule has 0 aliphatic rings. The van der Waals surface area contributed by atoms with E-state index in [9.17, 15) is 0 Å². The van der Waals surface area contributed by atoms with E-state index in [1.54, 1.807) is 6.07 Å². The summed E-state index contributed by atoms with van der Waals surface area (Å²) in [5.41, 5.74) is 2.23. The second-order valence-electron chi connectivity index (χ2n) is 3.80. The van der Waals surface area contributed by atoms with E-state index >= 15 is 0 Å². The minimum Gasteiger partial charge on any atom is -0.431 e. The lowest BCUT2D eigenvalue weighted by atomic mass is 10.2. The van der Waals surface area contributed by atoms with Gasteiger partial charge >= 0.3 is 0 Å². The first-order chi connectivity index (χ1) is 9.26. The fourth-order valence-electron chi connectivity index (χ4n) is 1.65. The van der Waals surface area contributed by atoms with E-state index < -0.39 is 0 Å². The summed E-state index contributed by atoms with van der Waals surface area (Å²) >= 11 is 4.80. The van der Waals surface area contributed by atoms with Gasteiger partial charge in [-0.1, -0.05) is 12.1 Å². The maximum atomic E-state index is 8.88. The summed E-state index contributed by atoms with van der Waals surface area (Å²) in [6.07, 6.45) is 0. The molecule has 0 saturated heterocycles. The molecule has 0 saturated carbocycles. The topological polar surface area (TPSA) is 49.8 Å². The van der Waals surface area contributed by atoms with Crippen LogP contribution in [-0.2, 0) is 0 Å². The van der Waals surface area contributed by atoms with Gasteiger partial charge in [0.15, 0.2) is 5.58 Å². The van der Waals surface area contributed by atoms with Crippen molar-refractivity contribution in [1.29, 1.82) is 5.26 Å². The number of hydrogen-bond acceptors (Lipinski definition) is 4. The van der Waals surface area contributed by atoms with E-state index in [2.05, 4.69) is 27.0 Å². The summed E-state index contributed by atoms with van der Waals surface area (Å²) in [5, 5.41) is 9.47. The number of oxazole rings is 1. The number of nitriles is 1. The fraction of sp³-hybridized carbons (Fsp3) is 0. The summed E-state index contributed by atoms with van der Waals surface area (Å²) in [6.45, 7) is 0. The molecule has 3 nitrogen and oxygen atoms in total. The highest BCUT2D eigenvalue weighted by Gasteiger charge is 2.08. The Morgan fingerprint density at radius 3 is 2.79 bits per heavy atom. The van der Waals surface area contributed by atoms with Gasteiger partial charge in [-0.15, -0.1) is 0 Å². The third-order valence-corrected chi connectivity index (χ3v) is 4.04. The van der Waals surface area contributed by atoms with Gasteiger partial charge in [0.25, 0.3) is 5.22 Å². The largest absolute Gasteiger partial charge is 0.431 e. The molecule has 0 radical (unpaired) electrons. The Balaban J connectivity index is 1.92. The third kappa shape index (κ3) is 2.50. The van der Waals surface area contributed by atoms with Crippen LogP contribution < -0.4 is 0 Å². The predicted molar refractivity (Wildman–Crippen MR) is 77.0 cm³/mol. The maximum Gasteiger partial charge on any atom is 0.261 e. The highest BCUT2D eigenvalue weighted by molar-refractivity contribution is 9.10. The van der Waals surface area contributed by atoms with Crippen molar-refractivity contribution in [3.8, 4) is 6.07 Å². The average molecular weight is 331 g/mol. The first-order valence-electron chi connectivity index (χ1n) is 5.49. The predicted octanol–water partition coefficient (Wildman–Crippen LogP) is 4.61. The molecule has 92 valence electrons. The molecule has 3 aromatic rings. The molecule has 0 aliphatic carbocycles.